The molecule has 0 aliphatic heterocycles. The second-order valence-electron chi connectivity index (χ2n) is 18.7. The van der Waals surface area contributed by atoms with Crippen molar-refractivity contribution >= 4 is 38.6 Å². The van der Waals surface area contributed by atoms with Crippen molar-refractivity contribution in [2.75, 3.05) is 4.90 Å². The number of hydrogen-bond donors (Lipinski definition) is 0. The van der Waals surface area contributed by atoms with Crippen LogP contribution in [0.3, 0.4) is 0 Å². The average Bonchev–Trinajstić information content (AvgIpc) is 3.69. The summed E-state index contributed by atoms with van der Waals surface area (Å²) in [5, 5.41) is 4.90. The summed E-state index contributed by atoms with van der Waals surface area (Å²) in [6, 6.07) is 92.7. The third-order valence-electron chi connectivity index (χ3n) is 14.9. The lowest BCUT2D eigenvalue weighted by Gasteiger charge is -2.46. The summed E-state index contributed by atoms with van der Waals surface area (Å²) in [7, 11) is 0. The molecule has 1 nitrogen and oxygen atoms in total. The van der Waals surface area contributed by atoms with Gasteiger partial charge in [-0.1, -0.05) is 238 Å². The molecule has 1 spiro atoms. The molecule has 0 saturated heterocycles. The molecule has 0 aromatic heterocycles. The summed E-state index contributed by atoms with van der Waals surface area (Å²) in [5.74, 6) is 0. The Hall–Kier alpha value is -8.26. The van der Waals surface area contributed by atoms with E-state index in [0.717, 1.165) is 22.6 Å². The summed E-state index contributed by atoms with van der Waals surface area (Å²) >= 11 is 0. The van der Waals surface area contributed by atoms with Gasteiger partial charge in [0.25, 0.3) is 0 Å². The number of para-hydroxylation sites is 1. The zero-order valence-electron chi connectivity index (χ0n) is 37.6. The van der Waals surface area contributed by atoms with Gasteiger partial charge in [-0.25, -0.2) is 0 Å². The highest BCUT2D eigenvalue weighted by molar-refractivity contribution is 6.15. The third-order valence-corrected chi connectivity index (χ3v) is 14.9. The van der Waals surface area contributed by atoms with Crippen LogP contribution in [0.1, 0.15) is 47.2 Å². The van der Waals surface area contributed by atoms with Crippen LogP contribution in [-0.2, 0) is 10.8 Å². The van der Waals surface area contributed by atoms with Crippen LogP contribution >= 0.6 is 0 Å². The lowest BCUT2D eigenvalue weighted by atomic mass is 9.55. The van der Waals surface area contributed by atoms with Crippen molar-refractivity contribution in [3.8, 4) is 44.5 Å². The molecule has 1 heteroatoms. The highest BCUT2D eigenvalue weighted by Gasteiger charge is 2.53. The van der Waals surface area contributed by atoms with Gasteiger partial charge in [0.05, 0.1) is 16.8 Å². The first-order chi connectivity index (χ1) is 33.0. The first kappa shape index (κ1) is 39.1. The zero-order valence-corrected chi connectivity index (χ0v) is 37.6. The van der Waals surface area contributed by atoms with Crippen LogP contribution in [-0.4, -0.2) is 0 Å². The molecule has 2 aliphatic rings. The second-order valence-corrected chi connectivity index (χ2v) is 18.7. The maximum Gasteiger partial charge on any atom is 0.0719 e. The molecule has 0 saturated carbocycles. The van der Waals surface area contributed by atoms with Crippen LogP contribution in [0.25, 0.3) is 66.1 Å². The van der Waals surface area contributed by atoms with Crippen LogP contribution < -0.4 is 4.90 Å². The molecule has 0 atom stereocenters. The van der Waals surface area contributed by atoms with Crippen molar-refractivity contribution < 1.29 is 0 Å². The Labute approximate surface area is 392 Å². The van der Waals surface area contributed by atoms with E-state index in [9.17, 15) is 0 Å². The van der Waals surface area contributed by atoms with Crippen LogP contribution in [0, 0.1) is 0 Å². The van der Waals surface area contributed by atoms with Gasteiger partial charge in [-0.2, -0.15) is 0 Å². The van der Waals surface area contributed by atoms with Crippen LogP contribution in [0.5, 0.6) is 0 Å². The average molecular weight is 854 g/mol. The summed E-state index contributed by atoms with van der Waals surface area (Å²) in [6.45, 7) is 4.79. The van der Waals surface area contributed by atoms with Crippen molar-refractivity contribution in [1.82, 2.24) is 0 Å². The van der Waals surface area contributed by atoms with Gasteiger partial charge in [0.2, 0.25) is 0 Å². The molecule has 0 fully saturated rings. The minimum Gasteiger partial charge on any atom is -0.309 e. The van der Waals surface area contributed by atoms with Crippen LogP contribution in [0.4, 0.5) is 17.1 Å². The topological polar surface area (TPSA) is 3.24 Å². The first-order valence-electron chi connectivity index (χ1n) is 23.5. The monoisotopic (exact) mass is 853 g/mol. The molecular formula is C66H47N. The molecule has 0 N–H and O–H groups in total. The Bertz CT molecular complexity index is 3690. The zero-order chi connectivity index (χ0) is 44.7. The quantitative estimate of drug-likeness (QED) is 0.151. The van der Waals surface area contributed by atoms with Crippen molar-refractivity contribution in [1.29, 1.82) is 0 Å². The lowest BCUT2D eigenvalue weighted by Crippen LogP contribution is -2.40. The van der Waals surface area contributed by atoms with E-state index >= 15 is 0 Å². The fourth-order valence-electron chi connectivity index (χ4n) is 12.1. The molecule has 0 unspecified atom stereocenters. The highest BCUT2D eigenvalue weighted by atomic mass is 15.1. The maximum atomic E-state index is 2.55. The Morgan fingerprint density at radius 3 is 1.43 bits per heavy atom. The number of anilines is 3. The van der Waals surface area contributed by atoms with Gasteiger partial charge in [0, 0.05) is 22.1 Å². The molecule has 0 bridgehead atoms. The molecule has 316 valence electrons. The Morgan fingerprint density at radius 2 is 0.746 bits per heavy atom. The predicted octanol–water partition coefficient (Wildman–Crippen LogP) is 17.5. The SMILES string of the molecule is CC1(C)c2ccccc2C2(c3ccccc3-c3cc(N(c4ccccc4-c4ccccc4-c4ccccc4-c4ccccc4)c4cc5ccccc5c5ccccc45)ccc32)c2ccccc21. The molecule has 0 heterocycles. The first-order valence-corrected chi connectivity index (χ1v) is 23.5. The van der Waals surface area contributed by atoms with Gasteiger partial charge in [0.15, 0.2) is 0 Å². The molecule has 2 aliphatic carbocycles. The van der Waals surface area contributed by atoms with Gasteiger partial charge in [0.1, 0.15) is 0 Å². The number of hydrogen-bond acceptors (Lipinski definition) is 1. The van der Waals surface area contributed by atoms with E-state index in [-0.39, 0.29) is 5.41 Å². The van der Waals surface area contributed by atoms with Crippen LogP contribution in [0.15, 0.2) is 249 Å². The normalized spacial score (nSPS) is 13.8. The number of nitrogens with zero attached hydrogens (tertiary/aromatic N) is 1. The summed E-state index contributed by atoms with van der Waals surface area (Å²) in [4.78, 5) is 2.55. The Kier molecular flexibility index (Phi) is 8.85. The predicted molar refractivity (Wildman–Crippen MR) is 282 cm³/mol. The van der Waals surface area contributed by atoms with Gasteiger partial charge in [-0.15, -0.1) is 0 Å². The van der Waals surface area contributed by atoms with Crippen LogP contribution in [0.2, 0.25) is 0 Å². The smallest absolute Gasteiger partial charge is 0.0719 e. The molecule has 0 amide bonds. The minimum absolute atomic E-state index is 0.161. The van der Waals surface area contributed by atoms with Crippen molar-refractivity contribution in [3.05, 3.63) is 282 Å². The second kappa shape index (κ2) is 15.2. The van der Waals surface area contributed by atoms with E-state index in [1.807, 2.05) is 0 Å². The summed E-state index contributed by atoms with van der Waals surface area (Å²) in [5.41, 5.74) is 20.6. The molecule has 13 rings (SSSR count). The Morgan fingerprint density at radius 1 is 0.284 bits per heavy atom. The summed E-state index contributed by atoms with van der Waals surface area (Å²) < 4.78 is 0. The summed E-state index contributed by atoms with van der Waals surface area (Å²) in [6.07, 6.45) is 0. The van der Waals surface area contributed by atoms with Crippen molar-refractivity contribution in [2.45, 2.75) is 24.7 Å². The van der Waals surface area contributed by atoms with Gasteiger partial charge < -0.3 is 4.90 Å². The maximum absolute atomic E-state index is 2.55. The van der Waals surface area contributed by atoms with E-state index in [2.05, 4.69) is 267 Å². The van der Waals surface area contributed by atoms with Crippen molar-refractivity contribution in [2.24, 2.45) is 0 Å². The van der Waals surface area contributed by atoms with Crippen molar-refractivity contribution in [3.63, 3.8) is 0 Å². The van der Waals surface area contributed by atoms with Gasteiger partial charge in [-0.3, -0.25) is 0 Å². The molecule has 11 aromatic carbocycles. The van der Waals surface area contributed by atoms with E-state index < -0.39 is 5.41 Å². The van der Waals surface area contributed by atoms with Gasteiger partial charge in [-0.05, 0) is 113 Å². The molecule has 11 aromatic rings. The highest BCUT2D eigenvalue weighted by Crippen LogP contribution is 2.63. The molecule has 67 heavy (non-hydrogen) atoms. The molecule has 0 radical (unpaired) electrons. The number of benzene rings is 11. The minimum atomic E-state index is -0.476. The number of rotatable bonds is 6. The number of fused-ring (bicyclic) bond motifs is 12. The van der Waals surface area contributed by atoms with E-state index in [4.69, 9.17) is 0 Å². The fraction of sp³-hybridized carbons (Fsp3) is 0.0606. The fourth-order valence-corrected chi connectivity index (χ4v) is 12.1. The standard InChI is InChI=1S/C66H47N/c1-65(2)59-35-17-19-37-61(59)66(62-38-20-18-36-60(62)65)57-34-16-14-31-53(57)56-43-46(40-41-58(56)66)67(64-42-45-24-6-7-26-48(45)50-28-12-13-33-55(50)64)63-39-21-15-32-54(63)52-30-11-10-29-51(52)49-27-9-8-25-47(49)44-22-4-3-5-23-44/h3-43H,1-2H3. The third kappa shape index (κ3) is 5.74. The Balaban J connectivity index is 1.10. The molecular weight excluding hydrogens is 807 g/mol. The van der Waals surface area contributed by atoms with Gasteiger partial charge >= 0.3 is 0 Å². The van der Waals surface area contributed by atoms with E-state index in [0.29, 0.717) is 0 Å². The van der Waals surface area contributed by atoms with E-state index in [1.54, 1.807) is 0 Å². The van der Waals surface area contributed by atoms with E-state index in [1.165, 1.54) is 93.9 Å². The lowest BCUT2D eigenvalue weighted by molar-refractivity contribution is 0.563. The largest absolute Gasteiger partial charge is 0.309 e.